The van der Waals surface area contributed by atoms with Gasteiger partial charge in [0.25, 0.3) is 11.8 Å². The molecule has 100 valence electrons. The average molecular weight is 254 g/mol. The van der Waals surface area contributed by atoms with Gasteiger partial charge in [-0.3, -0.25) is 14.4 Å². The van der Waals surface area contributed by atoms with E-state index in [1.165, 1.54) is 26.5 Å². The number of carbonyl (C=O) groups is 2. The Kier molecular flexibility index (Phi) is 4.91. The fourth-order valence-electron chi connectivity index (χ4n) is 1.42. The minimum atomic E-state index is -0.660. The van der Waals surface area contributed by atoms with E-state index in [-0.39, 0.29) is 17.6 Å². The molecule has 2 amide bonds. The maximum Gasteiger partial charge on any atom is 0.287 e. The Hall–Kier alpha value is -1.82. The summed E-state index contributed by atoms with van der Waals surface area (Å²) in [5.74, 6) is -0.619. The Labute approximate surface area is 106 Å². The van der Waals surface area contributed by atoms with Gasteiger partial charge in [0.15, 0.2) is 5.76 Å². The molecule has 0 aliphatic heterocycles. The Morgan fingerprint density at radius 3 is 2.56 bits per heavy atom. The van der Waals surface area contributed by atoms with Gasteiger partial charge in [0.1, 0.15) is 6.04 Å². The summed E-state index contributed by atoms with van der Waals surface area (Å²) in [5.41, 5.74) is 0. The minimum Gasteiger partial charge on any atom is -0.459 e. The van der Waals surface area contributed by atoms with Gasteiger partial charge in [-0.25, -0.2) is 5.06 Å². The van der Waals surface area contributed by atoms with E-state index in [1.54, 1.807) is 6.07 Å². The lowest BCUT2D eigenvalue weighted by atomic mass is 10.0. The summed E-state index contributed by atoms with van der Waals surface area (Å²) in [6, 6.07) is 2.49. The molecule has 18 heavy (non-hydrogen) atoms. The van der Waals surface area contributed by atoms with Crippen LogP contribution in [-0.2, 0) is 9.63 Å². The highest BCUT2D eigenvalue weighted by Crippen LogP contribution is 2.08. The van der Waals surface area contributed by atoms with Crippen molar-refractivity contribution in [3.63, 3.8) is 0 Å². The van der Waals surface area contributed by atoms with Gasteiger partial charge in [0.2, 0.25) is 0 Å². The van der Waals surface area contributed by atoms with Crippen molar-refractivity contribution in [3.8, 4) is 0 Å². The summed E-state index contributed by atoms with van der Waals surface area (Å²) >= 11 is 0. The predicted octanol–water partition coefficient (Wildman–Crippen LogP) is 1.05. The average Bonchev–Trinajstić information content (AvgIpc) is 2.87. The monoisotopic (exact) mass is 254 g/mol. The zero-order valence-electron chi connectivity index (χ0n) is 11.0. The van der Waals surface area contributed by atoms with Gasteiger partial charge in [0, 0.05) is 7.05 Å². The van der Waals surface area contributed by atoms with Crippen molar-refractivity contribution in [2.75, 3.05) is 14.2 Å². The lowest BCUT2D eigenvalue weighted by molar-refractivity contribution is -0.171. The third-order valence-corrected chi connectivity index (χ3v) is 2.55. The lowest BCUT2D eigenvalue weighted by Crippen LogP contribution is -2.49. The highest BCUT2D eigenvalue weighted by atomic mass is 16.7. The molecule has 1 heterocycles. The number of hydroxylamine groups is 2. The van der Waals surface area contributed by atoms with Crippen molar-refractivity contribution < 1.29 is 18.8 Å². The number of hydrogen-bond donors (Lipinski definition) is 1. The first-order chi connectivity index (χ1) is 8.47. The fourth-order valence-corrected chi connectivity index (χ4v) is 1.42. The summed E-state index contributed by atoms with van der Waals surface area (Å²) in [6.45, 7) is 3.68. The van der Waals surface area contributed by atoms with Crippen LogP contribution in [0.5, 0.6) is 0 Å². The van der Waals surface area contributed by atoms with E-state index >= 15 is 0 Å². The van der Waals surface area contributed by atoms with Crippen LogP contribution in [0.2, 0.25) is 0 Å². The number of carbonyl (C=O) groups excluding carboxylic acids is 2. The Morgan fingerprint density at radius 1 is 1.44 bits per heavy atom. The van der Waals surface area contributed by atoms with Crippen molar-refractivity contribution in [2.24, 2.45) is 5.92 Å². The molecule has 0 bridgehead atoms. The Bertz CT molecular complexity index is 400. The number of rotatable bonds is 5. The van der Waals surface area contributed by atoms with E-state index in [9.17, 15) is 9.59 Å². The molecule has 1 unspecified atom stereocenters. The number of amides is 2. The Morgan fingerprint density at radius 2 is 2.11 bits per heavy atom. The molecule has 0 radical (unpaired) electrons. The van der Waals surface area contributed by atoms with E-state index in [4.69, 9.17) is 9.25 Å². The number of nitrogens with one attached hydrogen (secondary N) is 1. The molecule has 0 fully saturated rings. The molecule has 1 rings (SSSR count). The molecule has 0 saturated heterocycles. The van der Waals surface area contributed by atoms with Crippen molar-refractivity contribution in [2.45, 2.75) is 19.9 Å². The molecule has 0 aliphatic carbocycles. The van der Waals surface area contributed by atoms with E-state index in [0.717, 1.165) is 5.06 Å². The molecule has 1 atom stereocenters. The van der Waals surface area contributed by atoms with E-state index in [2.05, 4.69) is 5.32 Å². The largest absolute Gasteiger partial charge is 0.459 e. The van der Waals surface area contributed by atoms with Crippen molar-refractivity contribution in [1.29, 1.82) is 0 Å². The van der Waals surface area contributed by atoms with Crippen LogP contribution in [0.25, 0.3) is 0 Å². The third-order valence-electron chi connectivity index (χ3n) is 2.55. The van der Waals surface area contributed by atoms with Crippen LogP contribution in [0.4, 0.5) is 0 Å². The van der Waals surface area contributed by atoms with Gasteiger partial charge >= 0.3 is 0 Å². The topological polar surface area (TPSA) is 71.8 Å². The van der Waals surface area contributed by atoms with Gasteiger partial charge in [-0.2, -0.15) is 0 Å². The normalized spacial score (nSPS) is 12.3. The van der Waals surface area contributed by atoms with Crippen LogP contribution < -0.4 is 5.32 Å². The van der Waals surface area contributed by atoms with Gasteiger partial charge < -0.3 is 9.73 Å². The zero-order valence-corrected chi connectivity index (χ0v) is 11.0. The van der Waals surface area contributed by atoms with Crippen molar-refractivity contribution in [1.82, 2.24) is 10.4 Å². The van der Waals surface area contributed by atoms with Crippen LogP contribution in [-0.4, -0.2) is 37.1 Å². The minimum absolute atomic E-state index is 0.0611. The van der Waals surface area contributed by atoms with Crippen molar-refractivity contribution >= 4 is 11.8 Å². The highest BCUT2D eigenvalue weighted by Gasteiger charge is 2.28. The number of nitrogens with zero attached hydrogens (tertiary/aromatic N) is 1. The summed E-state index contributed by atoms with van der Waals surface area (Å²) < 4.78 is 4.97. The molecule has 6 nitrogen and oxygen atoms in total. The second-order valence-corrected chi connectivity index (χ2v) is 4.19. The van der Waals surface area contributed by atoms with Crippen molar-refractivity contribution in [3.05, 3.63) is 24.2 Å². The van der Waals surface area contributed by atoms with E-state index in [1.807, 2.05) is 13.8 Å². The van der Waals surface area contributed by atoms with Crippen LogP contribution >= 0.6 is 0 Å². The van der Waals surface area contributed by atoms with Crippen LogP contribution in [0, 0.1) is 5.92 Å². The molecule has 0 aromatic carbocycles. The fraction of sp³-hybridized carbons (Fsp3) is 0.500. The zero-order chi connectivity index (χ0) is 13.7. The van der Waals surface area contributed by atoms with E-state index in [0.29, 0.717) is 0 Å². The number of furan rings is 1. The first-order valence-corrected chi connectivity index (χ1v) is 5.63. The number of likely N-dealkylation sites (N-methyl/N-ethyl adjacent to an activating group) is 1. The van der Waals surface area contributed by atoms with Crippen LogP contribution in [0.3, 0.4) is 0 Å². The second-order valence-electron chi connectivity index (χ2n) is 4.19. The van der Waals surface area contributed by atoms with Gasteiger partial charge in [-0.05, 0) is 18.1 Å². The smallest absolute Gasteiger partial charge is 0.287 e. The summed E-state index contributed by atoms with van der Waals surface area (Å²) in [4.78, 5) is 28.6. The molecule has 0 saturated carbocycles. The molecular weight excluding hydrogens is 236 g/mol. The lowest BCUT2D eigenvalue weighted by Gasteiger charge is -2.25. The van der Waals surface area contributed by atoms with Gasteiger partial charge in [-0.1, -0.05) is 13.8 Å². The molecule has 0 aliphatic rings. The molecular formula is C12H18N2O4. The third kappa shape index (κ3) is 3.33. The second kappa shape index (κ2) is 6.20. The van der Waals surface area contributed by atoms with Crippen LogP contribution in [0.1, 0.15) is 24.4 Å². The summed E-state index contributed by atoms with van der Waals surface area (Å²) in [7, 11) is 2.89. The first-order valence-electron chi connectivity index (χ1n) is 5.63. The maximum absolute atomic E-state index is 12.0. The van der Waals surface area contributed by atoms with Crippen LogP contribution in [0.15, 0.2) is 22.8 Å². The molecule has 1 aromatic heterocycles. The number of hydrogen-bond acceptors (Lipinski definition) is 4. The molecule has 6 heteroatoms. The first kappa shape index (κ1) is 14.2. The quantitative estimate of drug-likeness (QED) is 0.797. The van der Waals surface area contributed by atoms with E-state index < -0.39 is 11.9 Å². The molecule has 0 spiro atoms. The summed E-state index contributed by atoms with van der Waals surface area (Å²) in [5, 5.41) is 3.72. The highest BCUT2D eigenvalue weighted by molar-refractivity contribution is 5.95. The Balaban J connectivity index is 2.75. The van der Waals surface area contributed by atoms with Gasteiger partial charge in [0.05, 0.1) is 13.4 Å². The van der Waals surface area contributed by atoms with Gasteiger partial charge in [-0.15, -0.1) is 0 Å². The standard InChI is InChI=1S/C12H18N2O4/c1-8(2)10(12(16)14(3)17-4)13-11(15)9-6-5-7-18-9/h5-8,10H,1-4H3,(H,13,15). The molecule has 1 N–H and O–H groups in total. The maximum atomic E-state index is 12.0. The predicted molar refractivity (Wildman–Crippen MR) is 64.6 cm³/mol. The summed E-state index contributed by atoms with van der Waals surface area (Å²) in [6.07, 6.45) is 1.41. The SMILES string of the molecule is CON(C)C(=O)C(NC(=O)c1ccco1)C(C)C. The molecule has 1 aromatic rings.